The molecule has 0 radical (unpaired) electrons. The highest BCUT2D eigenvalue weighted by Crippen LogP contribution is 2.30. The molecule has 0 aliphatic carbocycles. The first-order chi connectivity index (χ1) is 7.44. The van der Waals surface area contributed by atoms with E-state index in [9.17, 15) is 0 Å². The van der Waals surface area contributed by atoms with Crippen LogP contribution in [0, 0.1) is 6.92 Å². The van der Waals surface area contributed by atoms with Crippen LogP contribution in [-0.2, 0) is 10.3 Å². The Bertz CT molecular complexity index is 363. The molecular formula is C11H16BrClN2O. The SMILES string of the molecule is CCOC(C)(CC)c1nc(C)c(Br)c(Cl)n1. The standard InChI is InChI=1S/C11H16BrClN2O/c1-5-11(4,16-6-2)10-14-7(3)8(12)9(13)15-10/h5-6H2,1-4H3. The topological polar surface area (TPSA) is 35.0 Å². The Balaban J connectivity index is 3.21. The molecule has 1 unspecified atom stereocenters. The van der Waals surface area contributed by atoms with E-state index in [1.807, 2.05) is 27.7 Å². The summed E-state index contributed by atoms with van der Waals surface area (Å²) in [5.41, 5.74) is 0.360. The van der Waals surface area contributed by atoms with Gasteiger partial charge in [-0.15, -0.1) is 0 Å². The summed E-state index contributed by atoms with van der Waals surface area (Å²) in [6.45, 7) is 8.50. The molecule has 0 fully saturated rings. The molecule has 1 rings (SSSR count). The van der Waals surface area contributed by atoms with Gasteiger partial charge >= 0.3 is 0 Å². The van der Waals surface area contributed by atoms with E-state index in [1.165, 1.54) is 0 Å². The van der Waals surface area contributed by atoms with Crippen molar-refractivity contribution in [1.29, 1.82) is 0 Å². The number of hydrogen-bond acceptors (Lipinski definition) is 3. The highest BCUT2D eigenvalue weighted by atomic mass is 79.9. The summed E-state index contributed by atoms with van der Waals surface area (Å²) >= 11 is 9.37. The van der Waals surface area contributed by atoms with Crippen LogP contribution in [0.3, 0.4) is 0 Å². The number of nitrogens with zero attached hydrogens (tertiary/aromatic N) is 2. The lowest BCUT2D eigenvalue weighted by molar-refractivity contribution is -0.0391. The van der Waals surface area contributed by atoms with Crippen LogP contribution in [0.1, 0.15) is 38.7 Å². The van der Waals surface area contributed by atoms with Crippen molar-refractivity contribution in [1.82, 2.24) is 9.97 Å². The van der Waals surface area contributed by atoms with Crippen molar-refractivity contribution in [2.24, 2.45) is 0 Å². The summed E-state index contributed by atoms with van der Waals surface area (Å²) < 4.78 is 6.46. The maximum absolute atomic E-state index is 6.03. The Hall–Kier alpha value is -0.190. The van der Waals surface area contributed by atoms with Gasteiger partial charge in [0.15, 0.2) is 5.82 Å². The van der Waals surface area contributed by atoms with Crippen LogP contribution in [0.15, 0.2) is 4.47 Å². The molecule has 0 saturated heterocycles. The Kier molecular flexibility index (Phi) is 4.71. The highest BCUT2D eigenvalue weighted by molar-refractivity contribution is 9.10. The van der Waals surface area contributed by atoms with Crippen molar-refractivity contribution in [2.75, 3.05) is 6.61 Å². The van der Waals surface area contributed by atoms with Gasteiger partial charge in [-0.2, -0.15) is 0 Å². The minimum absolute atomic E-state index is 0.432. The van der Waals surface area contributed by atoms with Gasteiger partial charge in [-0.05, 0) is 43.1 Å². The number of rotatable bonds is 4. The number of hydrogen-bond donors (Lipinski definition) is 0. The van der Waals surface area contributed by atoms with E-state index >= 15 is 0 Å². The van der Waals surface area contributed by atoms with E-state index in [4.69, 9.17) is 16.3 Å². The second-order valence-electron chi connectivity index (χ2n) is 3.75. The largest absolute Gasteiger partial charge is 0.368 e. The molecule has 1 aromatic heterocycles. The quantitative estimate of drug-likeness (QED) is 0.792. The van der Waals surface area contributed by atoms with Gasteiger partial charge in [0.05, 0.1) is 10.2 Å². The smallest absolute Gasteiger partial charge is 0.161 e. The fraction of sp³-hybridized carbons (Fsp3) is 0.636. The summed E-state index contributed by atoms with van der Waals surface area (Å²) in [6, 6.07) is 0. The maximum Gasteiger partial charge on any atom is 0.161 e. The van der Waals surface area contributed by atoms with Crippen LogP contribution in [0.2, 0.25) is 5.15 Å². The van der Waals surface area contributed by atoms with Crippen molar-refractivity contribution in [3.63, 3.8) is 0 Å². The Labute approximate surface area is 110 Å². The average molecular weight is 308 g/mol. The Morgan fingerprint density at radius 1 is 1.38 bits per heavy atom. The predicted octanol–water partition coefficient (Wildman–Crippen LogP) is 3.86. The molecular weight excluding hydrogens is 291 g/mol. The van der Waals surface area contributed by atoms with Crippen molar-refractivity contribution >= 4 is 27.5 Å². The molecule has 16 heavy (non-hydrogen) atoms. The molecule has 0 N–H and O–H groups in total. The fourth-order valence-electron chi connectivity index (χ4n) is 1.40. The van der Waals surface area contributed by atoms with Gasteiger partial charge < -0.3 is 4.74 Å². The molecule has 5 heteroatoms. The van der Waals surface area contributed by atoms with E-state index < -0.39 is 5.60 Å². The molecule has 0 aromatic carbocycles. The predicted molar refractivity (Wildman–Crippen MR) is 68.7 cm³/mol. The van der Waals surface area contributed by atoms with Gasteiger partial charge in [-0.25, -0.2) is 9.97 Å². The molecule has 0 aliphatic heterocycles. The van der Waals surface area contributed by atoms with Crippen LogP contribution < -0.4 is 0 Å². The van der Waals surface area contributed by atoms with Crippen molar-refractivity contribution in [3.05, 3.63) is 21.1 Å². The number of aryl methyl sites for hydroxylation is 1. The third-order valence-corrected chi connectivity index (χ3v) is 4.04. The van der Waals surface area contributed by atoms with E-state index in [0.717, 1.165) is 16.6 Å². The zero-order valence-corrected chi connectivity index (χ0v) is 12.3. The molecule has 0 amide bonds. The van der Waals surface area contributed by atoms with Gasteiger partial charge in [0.1, 0.15) is 10.8 Å². The van der Waals surface area contributed by atoms with Gasteiger partial charge in [0.2, 0.25) is 0 Å². The third-order valence-electron chi connectivity index (χ3n) is 2.59. The van der Waals surface area contributed by atoms with E-state index in [2.05, 4.69) is 25.9 Å². The number of aromatic nitrogens is 2. The van der Waals surface area contributed by atoms with Crippen molar-refractivity contribution in [3.8, 4) is 0 Å². The summed E-state index contributed by atoms with van der Waals surface area (Å²) in [5.74, 6) is 0.641. The summed E-state index contributed by atoms with van der Waals surface area (Å²) in [5, 5.41) is 0.432. The highest BCUT2D eigenvalue weighted by Gasteiger charge is 2.29. The molecule has 3 nitrogen and oxygen atoms in total. The summed E-state index contributed by atoms with van der Waals surface area (Å²) in [4.78, 5) is 8.71. The second kappa shape index (κ2) is 5.43. The molecule has 0 saturated carbocycles. The Morgan fingerprint density at radius 2 is 2.00 bits per heavy atom. The molecule has 1 atom stereocenters. The lowest BCUT2D eigenvalue weighted by Gasteiger charge is -2.27. The van der Waals surface area contributed by atoms with Crippen molar-refractivity contribution in [2.45, 2.75) is 39.7 Å². The molecule has 1 aromatic rings. The van der Waals surface area contributed by atoms with Gasteiger partial charge in [-0.3, -0.25) is 0 Å². The molecule has 1 heterocycles. The first-order valence-electron chi connectivity index (χ1n) is 5.28. The lowest BCUT2D eigenvalue weighted by atomic mass is 10.0. The van der Waals surface area contributed by atoms with Gasteiger partial charge in [0.25, 0.3) is 0 Å². The van der Waals surface area contributed by atoms with Gasteiger partial charge in [0, 0.05) is 6.61 Å². The minimum atomic E-state index is -0.468. The number of halogens is 2. The zero-order chi connectivity index (χ0) is 12.3. The lowest BCUT2D eigenvalue weighted by Crippen LogP contribution is -2.28. The minimum Gasteiger partial charge on any atom is -0.368 e. The van der Waals surface area contributed by atoms with E-state index in [-0.39, 0.29) is 0 Å². The number of ether oxygens (including phenoxy) is 1. The zero-order valence-electron chi connectivity index (χ0n) is 9.97. The van der Waals surface area contributed by atoms with E-state index in [1.54, 1.807) is 0 Å². The van der Waals surface area contributed by atoms with Crippen LogP contribution >= 0.6 is 27.5 Å². The van der Waals surface area contributed by atoms with Crippen LogP contribution in [0.4, 0.5) is 0 Å². The van der Waals surface area contributed by atoms with E-state index in [0.29, 0.717) is 17.6 Å². The molecule has 0 spiro atoms. The van der Waals surface area contributed by atoms with Crippen LogP contribution in [0.25, 0.3) is 0 Å². The fourth-order valence-corrected chi connectivity index (χ4v) is 1.80. The summed E-state index contributed by atoms with van der Waals surface area (Å²) in [7, 11) is 0. The second-order valence-corrected chi connectivity index (χ2v) is 4.91. The molecule has 0 aliphatic rings. The molecule has 0 bridgehead atoms. The van der Waals surface area contributed by atoms with Crippen LogP contribution in [-0.4, -0.2) is 16.6 Å². The van der Waals surface area contributed by atoms with Crippen LogP contribution in [0.5, 0.6) is 0 Å². The van der Waals surface area contributed by atoms with Gasteiger partial charge in [-0.1, -0.05) is 18.5 Å². The normalized spacial score (nSPS) is 14.9. The third kappa shape index (κ3) is 2.73. The first kappa shape index (κ1) is 13.9. The first-order valence-corrected chi connectivity index (χ1v) is 6.45. The average Bonchev–Trinajstić information content (AvgIpc) is 2.25. The Morgan fingerprint density at radius 3 is 2.44 bits per heavy atom. The maximum atomic E-state index is 6.03. The molecule has 90 valence electrons. The summed E-state index contributed by atoms with van der Waals surface area (Å²) in [6.07, 6.45) is 0.804. The van der Waals surface area contributed by atoms with Crippen molar-refractivity contribution < 1.29 is 4.74 Å². The monoisotopic (exact) mass is 306 g/mol.